The third-order valence-corrected chi connectivity index (χ3v) is 3.77. The molecule has 1 aromatic rings. The van der Waals surface area contributed by atoms with E-state index in [-0.39, 0.29) is 17.7 Å². The van der Waals surface area contributed by atoms with Crippen molar-refractivity contribution in [2.75, 3.05) is 26.2 Å². The molecule has 0 amide bonds. The van der Waals surface area contributed by atoms with Crippen LogP contribution in [0, 0.1) is 10.1 Å². The number of aromatic nitrogens is 1. The van der Waals surface area contributed by atoms with Gasteiger partial charge in [0.05, 0.1) is 17.6 Å². The number of aliphatic hydroxyl groups excluding tert-OH is 1. The van der Waals surface area contributed by atoms with Gasteiger partial charge in [0.1, 0.15) is 0 Å². The lowest BCUT2D eigenvalue weighted by Gasteiger charge is -2.29. The fraction of sp³-hybridized carbons (Fsp3) is 0.615. The standard InChI is InChI=1S/C13H18BrN3O4/c14-10-7-12(17(19)20)13(15-8-10)21-6-2-5-16-4-1-3-11(18)9-16/h7-8,11,18H,1-6,9H2. The Morgan fingerprint density at radius 2 is 2.43 bits per heavy atom. The molecule has 7 nitrogen and oxygen atoms in total. The first kappa shape index (κ1) is 16.1. The molecule has 2 rings (SSSR count). The fourth-order valence-electron chi connectivity index (χ4n) is 2.35. The summed E-state index contributed by atoms with van der Waals surface area (Å²) < 4.78 is 5.95. The summed E-state index contributed by atoms with van der Waals surface area (Å²) in [5.74, 6) is 0.0434. The van der Waals surface area contributed by atoms with E-state index in [1.807, 2.05) is 0 Å². The Hall–Kier alpha value is -1.25. The van der Waals surface area contributed by atoms with Crippen molar-refractivity contribution in [3.05, 3.63) is 26.9 Å². The molecule has 1 aliphatic heterocycles. The summed E-state index contributed by atoms with van der Waals surface area (Å²) in [6.45, 7) is 2.84. The molecule has 1 aromatic heterocycles. The van der Waals surface area contributed by atoms with E-state index < -0.39 is 4.92 Å². The summed E-state index contributed by atoms with van der Waals surface area (Å²) in [4.78, 5) is 16.5. The molecule has 0 spiro atoms. The van der Waals surface area contributed by atoms with Gasteiger partial charge < -0.3 is 14.7 Å². The second-order valence-electron chi connectivity index (χ2n) is 5.03. The number of nitro groups is 1. The van der Waals surface area contributed by atoms with E-state index in [0.717, 1.165) is 32.4 Å². The molecule has 0 aliphatic carbocycles. The van der Waals surface area contributed by atoms with E-state index >= 15 is 0 Å². The van der Waals surface area contributed by atoms with Gasteiger partial charge in [-0.3, -0.25) is 10.1 Å². The Kier molecular flexibility index (Phi) is 5.89. The van der Waals surface area contributed by atoms with Crippen LogP contribution in [0.15, 0.2) is 16.7 Å². The Morgan fingerprint density at radius 1 is 1.62 bits per heavy atom. The molecule has 21 heavy (non-hydrogen) atoms. The SMILES string of the molecule is O=[N+]([O-])c1cc(Br)cnc1OCCCN1CCCC(O)C1. The van der Waals surface area contributed by atoms with Gasteiger partial charge in [-0.15, -0.1) is 0 Å². The van der Waals surface area contributed by atoms with E-state index in [2.05, 4.69) is 25.8 Å². The van der Waals surface area contributed by atoms with Gasteiger partial charge in [0.2, 0.25) is 0 Å². The number of hydrogen-bond acceptors (Lipinski definition) is 6. The van der Waals surface area contributed by atoms with E-state index in [1.54, 1.807) is 0 Å². The zero-order chi connectivity index (χ0) is 15.2. The van der Waals surface area contributed by atoms with Crippen molar-refractivity contribution in [1.29, 1.82) is 0 Å². The fourth-order valence-corrected chi connectivity index (χ4v) is 2.67. The van der Waals surface area contributed by atoms with Crippen molar-refractivity contribution < 1.29 is 14.8 Å². The van der Waals surface area contributed by atoms with Crippen LogP contribution >= 0.6 is 15.9 Å². The van der Waals surface area contributed by atoms with Gasteiger partial charge >= 0.3 is 5.69 Å². The van der Waals surface area contributed by atoms with Crippen LogP contribution in [0.4, 0.5) is 5.69 Å². The average molecular weight is 360 g/mol. The minimum Gasteiger partial charge on any atom is -0.473 e. The topological polar surface area (TPSA) is 88.7 Å². The molecular weight excluding hydrogens is 342 g/mol. The molecule has 0 radical (unpaired) electrons. The number of β-amino-alcohol motifs (C(OH)–C–C–N with tert-alkyl or cyclic N) is 1. The molecule has 1 saturated heterocycles. The van der Waals surface area contributed by atoms with Crippen LogP contribution in [0.3, 0.4) is 0 Å². The highest BCUT2D eigenvalue weighted by Crippen LogP contribution is 2.27. The number of piperidine rings is 1. The smallest absolute Gasteiger partial charge is 0.332 e. The first-order chi connectivity index (χ1) is 10.1. The largest absolute Gasteiger partial charge is 0.473 e. The summed E-state index contributed by atoms with van der Waals surface area (Å²) in [5, 5.41) is 20.5. The summed E-state index contributed by atoms with van der Waals surface area (Å²) in [7, 11) is 0. The zero-order valence-electron chi connectivity index (χ0n) is 11.6. The van der Waals surface area contributed by atoms with Crippen LogP contribution in [0.25, 0.3) is 0 Å². The van der Waals surface area contributed by atoms with Crippen molar-refractivity contribution >= 4 is 21.6 Å². The molecule has 2 heterocycles. The first-order valence-electron chi connectivity index (χ1n) is 6.89. The van der Waals surface area contributed by atoms with Crippen molar-refractivity contribution in [3.63, 3.8) is 0 Å². The van der Waals surface area contributed by atoms with Crippen LogP contribution in [-0.2, 0) is 0 Å². The minimum absolute atomic E-state index is 0.0434. The molecule has 1 N–H and O–H groups in total. The van der Waals surface area contributed by atoms with Crippen LogP contribution in [0.1, 0.15) is 19.3 Å². The number of halogens is 1. The summed E-state index contributed by atoms with van der Waals surface area (Å²) in [6.07, 6.45) is 3.84. The highest BCUT2D eigenvalue weighted by molar-refractivity contribution is 9.10. The Balaban J connectivity index is 1.79. The lowest BCUT2D eigenvalue weighted by atomic mass is 10.1. The molecule has 0 saturated carbocycles. The first-order valence-corrected chi connectivity index (χ1v) is 7.68. The Morgan fingerprint density at radius 3 is 3.14 bits per heavy atom. The number of aliphatic hydroxyl groups is 1. The molecule has 1 atom stereocenters. The predicted octanol–water partition coefficient (Wildman–Crippen LogP) is 1.98. The van der Waals surface area contributed by atoms with Gasteiger partial charge in [0.15, 0.2) is 0 Å². The molecule has 0 bridgehead atoms. The summed E-state index contributed by atoms with van der Waals surface area (Å²) >= 11 is 3.15. The number of rotatable bonds is 6. The molecule has 8 heteroatoms. The van der Waals surface area contributed by atoms with Crippen molar-refractivity contribution in [2.24, 2.45) is 0 Å². The van der Waals surface area contributed by atoms with E-state index in [1.165, 1.54) is 12.3 Å². The quantitative estimate of drug-likeness (QED) is 0.474. The third-order valence-electron chi connectivity index (χ3n) is 3.33. The summed E-state index contributed by atoms with van der Waals surface area (Å²) in [6, 6.07) is 1.38. The molecule has 0 aromatic carbocycles. The third kappa shape index (κ3) is 4.90. The van der Waals surface area contributed by atoms with E-state index in [4.69, 9.17) is 4.74 Å². The Bertz CT molecular complexity index is 500. The maximum Gasteiger partial charge on any atom is 0.332 e. The van der Waals surface area contributed by atoms with Gasteiger partial charge in [-0.1, -0.05) is 0 Å². The monoisotopic (exact) mass is 359 g/mol. The lowest BCUT2D eigenvalue weighted by molar-refractivity contribution is -0.386. The number of likely N-dealkylation sites (tertiary alicyclic amines) is 1. The number of hydrogen-bond donors (Lipinski definition) is 1. The molecular formula is C13H18BrN3O4. The maximum atomic E-state index is 10.9. The van der Waals surface area contributed by atoms with E-state index in [9.17, 15) is 15.2 Å². The van der Waals surface area contributed by atoms with Crippen LogP contribution in [0.5, 0.6) is 5.88 Å². The molecule has 1 fully saturated rings. The number of ether oxygens (including phenoxy) is 1. The van der Waals surface area contributed by atoms with Crippen molar-refractivity contribution in [1.82, 2.24) is 9.88 Å². The van der Waals surface area contributed by atoms with Crippen LogP contribution in [-0.4, -0.2) is 52.3 Å². The number of nitrogens with zero attached hydrogens (tertiary/aromatic N) is 3. The molecule has 1 unspecified atom stereocenters. The predicted molar refractivity (Wildman–Crippen MR) is 80.4 cm³/mol. The number of pyridine rings is 1. The van der Waals surface area contributed by atoms with Gasteiger partial charge in [0, 0.05) is 29.8 Å². The lowest BCUT2D eigenvalue weighted by Crippen LogP contribution is -2.39. The van der Waals surface area contributed by atoms with Gasteiger partial charge in [0.25, 0.3) is 5.88 Å². The second kappa shape index (κ2) is 7.67. The van der Waals surface area contributed by atoms with Crippen LogP contribution in [0.2, 0.25) is 0 Å². The Labute approximate surface area is 131 Å². The van der Waals surface area contributed by atoms with Gasteiger partial charge in [-0.2, -0.15) is 0 Å². The highest BCUT2D eigenvalue weighted by atomic mass is 79.9. The summed E-state index contributed by atoms with van der Waals surface area (Å²) in [5.41, 5.74) is -0.141. The normalized spacial score (nSPS) is 19.4. The van der Waals surface area contributed by atoms with Gasteiger partial charge in [-0.25, -0.2) is 4.98 Å². The zero-order valence-corrected chi connectivity index (χ0v) is 13.2. The van der Waals surface area contributed by atoms with E-state index in [0.29, 0.717) is 17.6 Å². The second-order valence-corrected chi connectivity index (χ2v) is 5.95. The van der Waals surface area contributed by atoms with Gasteiger partial charge in [-0.05, 0) is 41.7 Å². The molecule has 1 aliphatic rings. The van der Waals surface area contributed by atoms with Crippen molar-refractivity contribution in [2.45, 2.75) is 25.4 Å². The minimum atomic E-state index is -0.506. The maximum absolute atomic E-state index is 10.9. The highest BCUT2D eigenvalue weighted by Gasteiger charge is 2.19. The molecule has 116 valence electrons. The van der Waals surface area contributed by atoms with Crippen LogP contribution < -0.4 is 4.74 Å². The average Bonchev–Trinajstić information content (AvgIpc) is 2.44. The van der Waals surface area contributed by atoms with Crippen molar-refractivity contribution in [3.8, 4) is 5.88 Å².